The van der Waals surface area contributed by atoms with Crippen molar-refractivity contribution >= 4 is 44.5 Å². The summed E-state index contributed by atoms with van der Waals surface area (Å²) >= 11 is 0. The molecule has 0 bridgehead atoms. The summed E-state index contributed by atoms with van der Waals surface area (Å²) in [5.41, 5.74) is 1.46. The molecule has 3 rings (SSSR count). The number of aromatic amines is 1. The first-order chi connectivity index (χ1) is 14.1. The molecule has 30 heavy (non-hydrogen) atoms. The maximum absolute atomic E-state index is 11.8. The number of fused-ring (bicyclic) bond motifs is 1. The molecule has 0 aliphatic heterocycles. The van der Waals surface area contributed by atoms with E-state index in [0.717, 1.165) is 24.8 Å². The fourth-order valence-corrected chi connectivity index (χ4v) is 3.61. The fraction of sp³-hybridized carbons (Fsp3) is 0.200. The molecule has 0 saturated carbocycles. The van der Waals surface area contributed by atoms with Gasteiger partial charge in [-0.15, -0.1) is 0 Å². The van der Waals surface area contributed by atoms with E-state index in [2.05, 4.69) is 9.97 Å². The second-order valence-corrected chi connectivity index (χ2v) is 7.94. The van der Waals surface area contributed by atoms with Crippen molar-refractivity contribution < 1.29 is 28.0 Å². The van der Waals surface area contributed by atoms with Crippen molar-refractivity contribution in [3.63, 3.8) is 0 Å². The highest BCUT2D eigenvalue weighted by Crippen LogP contribution is 2.29. The smallest absolute Gasteiger partial charge is 0.339 e. The molecule has 0 spiro atoms. The summed E-state index contributed by atoms with van der Waals surface area (Å²) in [4.78, 5) is 20.5. The summed E-state index contributed by atoms with van der Waals surface area (Å²) in [6.45, 7) is 5.50. The van der Waals surface area contributed by atoms with Gasteiger partial charge in [-0.3, -0.25) is 4.55 Å². The van der Waals surface area contributed by atoms with Gasteiger partial charge in [0.15, 0.2) is 0 Å². The Morgan fingerprint density at radius 1 is 1.17 bits per heavy atom. The van der Waals surface area contributed by atoms with Crippen LogP contribution in [0.4, 0.5) is 5.69 Å². The fourth-order valence-electron chi connectivity index (χ4n) is 3.10. The number of rotatable bonds is 7. The Bertz CT molecular complexity index is 1240. The van der Waals surface area contributed by atoms with E-state index in [1.807, 2.05) is 18.7 Å². The van der Waals surface area contributed by atoms with E-state index in [4.69, 9.17) is 0 Å². The number of carboxylic acids is 1. The predicted molar refractivity (Wildman–Crippen MR) is 113 cm³/mol. The van der Waals surface area contributed by atoms with Crippen molar-refractivity contribution in [3.8, 4) is 5.75 Å². The molecule has 2 aromatic carbocycles. The first kappa shape index (κ1) is 21.3. The Kier molecular flexibility index (Phi) is 5.81. The summed E-state index contributed by atoms with van der Waals surface area (Å²) in [7, 11) is -4.41. The number of imidazole rings is 1. The van der Waals surface area contributed by atoms with Gasteiger partial charge < -0.3 is 20.1 Å². The highest BCUT2D eigenvalue weighted by atomic mass is 32.2. The minimum absolute atomic E-state index is 0.0165. The number of nitrogens with one attached hydrogen (secondary N) is 1. The maximum Gasteiger partial charge on any atom is 0.339 e. The van der Waals surface area contributed by atoms with Crippen LogP contribution >= 0.6 is 0 Å². The van der Waals surface area contributed by atoms with Crippen LogP contribution in [0.5, 0.6) is 5.75 Å². The first-order valence-electron chi connectivity index (χ1n) is 9.14. The molecular weight excluding hydrogens is 410 g/mol. The number of aliphatic carboxylic acids is 1. The van der Waals surface area contributed by atoms with Crippen molar-refractivity contribution in [1.29, 1.82) is 0 Å². The SMILES string of the molecule is CCN(CC)c1ccc(/C=C(\C(=O)O)c2nc3ccc(S(=O)(=O)O)cc3[nH]2)c(O)c1. The number of nitrogens with zero attached hydrogens (tertiary/aromatic N) is 2. The third-order valence-electron chi connectivity index (χ3n) is 4.68. The zero-order chi connectivity index (χ0) is 22.1. The number of aromatic nitrogens is 2. The van der Waals surface area contributed by atoms with Gasteiger partial charge in [0.2, 0.25) is 0 Å². The van der Waals surface area contributed by atoms with E-state index in [1.54, 1.807) is 18.2 Å². The molecule has 0 aliphatic carbocycles. The Balaban J connectivity index is 2.06. The normalized spacial score (nSPS) is 12.3. The third kappa shape index (κ3) is 4.29. The van der Waals surface area contributed by atoms with Gasteiger partial charge >= 0.3 is 5.97 Å². The first-order valence-corrected chi connectivity index (χ1v) is 10.6. The molecule has 0 unspecified atom stereocenters. The van der Waals surface area contributed by atoms with Crippen molar-refractivity contribution in [1.82, 2.24) is 9.97 Å². The minimum atomic E-state index is -4.41. The third-order valence-corrected chi connectivity index (χ3v) is 5.53. The molecule has 0 radical (unpaired) electrons. The molecule has 158 valence electrons. The standard InChI is InChI=1S/C20H21N3O6S/c1-3-23(4-2)13-6-5-12(18(24)10-13)9-15(20(25)26)19-21-16-8-7-14(30(27,28)29)11-17(16)22-19/h5-11,24H,3-4H2,1-2H3,(H,21,22)(H,25,26)(H,27,28,29)/b15-9-. The lowest BCUT2D eigenvalue weighted by atomic mass is 10.1. The number of phenolic OH excluding ortho intramolecular Hbond substituents is 1. The molecule has 0 saturated heterocycles. The van der Waals surface area contributed by atoms with Gasteiger partial charge in [0.1, 0.15) is 17.1 Å². The average Bonchev–Trinajstić information content (AvgIpc) is 3.10. The highest BCUT2D eigenvalue weighted by molar-refractivity contribution is 7.85. The Hall–Kier alpha value is -3.37. The monoisotopic (exact) mass is 431 g/mol. The number of aromatic hydroxyl groups is 1. The van der Waals surface area contributed by atoms with Crippen LogP contribution in [0.3, 0.4) is 0 Å². The quantitative estimate of drug-likeness (QED) is 0.330. The van der Waals surface area contributed by atoms with E-state index < -0.39 is 16.1 Å². The molecule has 0 aliphatic rings. The molecule has 3 aromatic rings. The van der Waals surface area contributed by atoms with Crippen LogP contribution in [0.25, 0.3) is 22.7 Å². The number of anilines is 1. The van der Waals surface area contributed by atoms with Crippen molar-refractivity contribution in [2.24, 2.45) is 0 Å². The van der Waals surface area contributed by atoms with Gasteiger partial charge in [0.05, 0.1) is 15.9 Å². The van der Waals surface area contributed by atoms with Crippen molar-refractivity contribution in [3.05, 3.63) is 47.8 Å². The van der Waals surface area contributed by atoms with Crippen LogP contribution in [0.15, 0.2) is 41.3 Å². The summed E-state index contributed by atoms with van der Waals surface area (Å²) in [5, 5.41) is 20.0. The summed E-state index contributed by atoms with van der Waals surface area (Å²) in [5.74, 6) is -1.38. The molecule has 1 aromatic heterocycles. The zero-order valence-electron chi connectivity index (χ0n) is 16.3. The molecule has 1 heterocycles. The molecule has 0 atom stereocenters. The molecule has 0 amide bonds. The second kappa shape index (κ2) is 8.17. The predicted octanol–water partition coefficient (Wildman–Crippen LogP) is 2.99. The molecule has 10 heteroatoms. The number of hydrogen-bond donors (Lipinski definition) is 4. The molecule has 9 nitrogen and oxygen atoms in total. The number of benzene rings is 2. The van der Waals surface area contributed by atoms with E-state index >= 15 is 0 Å². The average molecular weight is 431 g/mol. The number of phenols is 1. The summed E-state index contributed by atoms with van der Waals surface area (Å²) in [6.07, 6.45) is 1.28. The largest absolute Gasteiger partial charge is 0.507 e. The van der Waals surface area contributed by atoms with Gasteiger partial charge in [-0.1, -0.05) is 0 Å². The van der Waals surface area contributed by atoms with Crippen LogP contribution in [-0.2, 0) is 14.9 Å². The van der Waals surface area contributed by atoms with Crippen molar-refractivity contribution in [2.45, 2.75) is 18.7 Å². The minimum Gasteiger partial charge on any atom is -0.507 e. The number of carboxylic acid groups (broad SMARTS) is 1. The van der Waals surface area contributed by atoms with Crippen molar-refractivity contribution in [2.75, 3.05) is 18.0 Å². The summed E-state index contributed by atoms with van der Waals surface area (Å²) in [6, 6.07) is 8.66. The van der Waals surface area contributed by atoms with Crippen LogP contribution in [0, 0.1) is 0 Å². The highest BCUT2D eigenvalue weighted by Gasteiger charge is 2.18. The lowest BCUT2D eigenvalue weighted by Crippen LogP contribution is -2.21. The van der Waals surface area contributed by atoms with Crippen LogP contribution < -0.4 is 4.90 Å². The number of H-pyrrole nitrogens is 1. The van der Waals surface area contributed by atoms with Crippen LogP contribution in [0.1, 0.15) is 25.2 Å². The Labute approximate surface area is 173 Å². The topological polar surface area (TPSA) is 144 Å². The van der Waals surface area contributed by atoms with E-state index in [9.17, 15) is 28.0 Å². The lowest BCUT2D eigenvalue weighted by Gasteiger charge is -2.21. The van der Waals surface area contributed by atoms with E-state index in [-0.39, 0.29) is 27.6 Å². The zero-order valence-corrected chi connectivity index (χ0v) is 17.1. The number of hydrogen-bond acceptors (Lipinski definition) is 6. The molecular formula is C20H21N3O6S. The van der Waals surface area contributed by atoms with E-state index in [1.165, 1.54) is 18.2 Å². The summed E-state index contributed by atoms with van der Waals surface area (Å²) < 4.78 is 31.8. The van der Waals surface area contributed by atoms with Gasteiger partial charge in [-0.2, -0.15) is 8.42 Å². The van der Waals surface area contributed by atoms with Crippen LogP contribution in [-0.4, -0.2) is 52.2 Å². The van der Waals surface area contributed by atoms with Gasteiger partial charge in [0, 0.05) is 30.4 Å². The van der Waals surface area contributed by atoms with Gasteiger partial charge in [-0.05, 0) is 50.3 Å². The molecule has 4 N–H and O–H groups in total. The molecule has 0 fully saturated rings. The second-order valence-electron chi connectivity index (χ2n) is 6.52. The van der Waals surface area contributed by atoms with Gasteiger partial charge in [0.25, 0.3) is 10.1 Å². The van der Waals surface area contributed by atoms with Crippen LogP contribution in [0.2, 0.25) is 0 Å². The van der Waals surface area contributed by atoms with E-state index in [0.29, 0.717) is 11.1 Å². The lowest BCUT2D eigenvalue weighted by molar-refractivity contribution is -0.130. The Morgan fingerprint density at radius 2 is 1.87 bits per heavy atom. The number of carbonyl (C=O) groups is 1. The van der Waals surface area contributed by atoms with Gasteiger partial charge in [-0.25, -0.2) is 9.78 Å². The Morgan fingerprint density at radius 3 is 2.43 bits per heavy atom. The maximum atomic E-state index is 11.8.